The maximum Gasteiger partial charge on any atom is 0.227 e. The summed E-state index contributed by atoms with van der Waals surface area (Å²) >= 11 is 6.03. The number of hydrogen-bond donors (Lipinski definition) is 2. The highest BCUT2D eigenvalue weighted by Crippen LogP contribution is 2.30. The van der Waals surface area contributed by atoms with Crippen molar-refractivity contribution < 1.29 is 9.53 Å². The molecule has 1 aliphatic rings. The van der Waals surface area contributed by atoms with Crippen LogP contribution in [-0.2, 0) is 4.79 Å². The number of carbonyl (C=O) groups is 1. The molecule has 0 radical (unpaired) electrons. The van der Waals surface area contributed by atoms with Gasteiger partial charge in [-0.3, -0.25) is 4.79 Å². The van der Waals surface area contributed by atoms with Crippen LogP contribution < -0.4 is 15.4 Å². The maximum absolute atomic E-state index is 12.3. The molecule has 2 aromatic rings. The topological polar surface area (TPSA) is 63.2 Å². The van der Waals surface area contributed by atoms with Gasteiger partial charge in [-0.15, -0.1) is 0 Å². The smallest absolute Gasteiger partial charge is 0.227 e. The summed E-state index contributed by atoms with van der Waals surface area (Å²) in [4.78, 5) is 16.6. The Morgan fingerprint density at radius 3 is 2.68 bits per heavy atom. The Morgan fingerprint density at radius 1 is 1.20 bits per heavy atom. The van der Waals surface area contributed by atoms with Gasteiger partial charge in [-0.1, -0.05) is 30.9 Å². The standard InChI is InChI=1S/C19H22ClN3O2/c1-25-17-9-7-14(20)11-16(17)23-18-10-8-15(12-21-18)22-19(24)13-5-3-2-4-6-13/h7-13H,2-6H2,1H3,(H,21,23)(H,22,24). The Balaban J connectivity index is 1.64. The van der Waals surface area contributed by atoms with Crippen LogP contribution in [-0.4, -0.2) is 18.0 Å². The van der Waals surface area contributed by atoms with Gasteiger partial charge in [0.1, 0.15) is 11.6 Å². The Labute approximate surface area is 152 Å². The lowest BCUT2D eigenvalue weighted by Crippen LogP contribution is -2.24. The highest BCUT2D eigenvalue weighted by atomic mass is 35.5. The number of halogens is 1. The molecule has 5 nitrogen and oxygen atoms in total. The molecule has 1 fully saturated rings. The van der Waals surface area contributed by atoms with Gasteiger partial charge >= 0.3 is 0 Å². The first-order valence-electron chi connectivity index (χ1n) is 8.53. The lowest BCUT2D eigenvalue weighted by Gasteiger charge is -2.20. The van der Waals surface area contributed by atoms with Crippen molar-refractivity contribution in [2.24, 2.45) is 5.92 Å². The third kappa shape index (κ3) is 4.63. The van der Waals surface area contributed by atoms with Crippen molar-refractivity contribution in [1.82, 2.24) is 4.98 Å². The van der Waals surface area contributed by atoms with Crippen LogP contribution >= 0.6 is 11.6 Å². The molecule has 1 aromatic carbocycles. The zero-order chi connectivity index (χ0) is 17.6. The summed E-state index contributed by atoms with van der Waals surface area (Å²) < 4.78 is 5.31. The number of hydrogen-bond acceptors (Lipinski definition) is 4. The molecule has 0 aliphatic heterocycles. The Bertz CT molecular complexity index is 728. The molecule has 3 rings (SSSR count). The summed E-state index contributed by atoms with van der Waals surface area (Å²) in [6.07, 6.45) is 7.13. The number of pyridine rings is 1. The number of carbonyl (C=O) groups excluding carboxylic acids is 1. The molecule has 0 unspecified atom stereocenters. The van der Waals surface area contributed by atoms with E-state index in [1.807, 2.05) is 12.1 Å². The number of anilines is 3. The van der Waals surface area contributed by atoms with E-state index >= 15 is 0 Å². The predicted octanol–water partition coefficient (Wildman–Crippen LogP) is 5.01. The first-order chi connectivity index (χ1) is 12.2. The van der Waals surface area contributed by atoms with Crippen molar-refractivity contribution in [3.05, 3.63) is 41.6 Å². The summed E-state index contributed by atoms with van der Waals surface area (Å²) in [5.41, 5.74) is 1.45. The number of nitrogens with zero attached hydrogens (tertiary/aromatic N) is 1. The monoisotopic (exact) mass is 359 g/mol. The molecule has 1 amide bonds. The number of ether oxygens (including phenoxy) is 1. The second-order valence-electron chi connectivity index (χ2n) is 6.23. The molecule has 0 atom stereocenters. The minimum atomic E-state index is 0.0960. The second-order valence-corrected chi connectivity index (χ2v) is 6.66. The van der Waals surface area contributed by atoms with E-state index in [0.717, 1.165) is 31.4 Å². The van der Waals surface area contributed by atoms with Crippen molar-refractivity contribution in [3.63, 3.8) is 0 Å². The Hall–Kier alpha value is -2.27. The summed E-state index contributed by atoms with van der Waals surface area (Å²) in [6, 6.07) is 9.00. The summed E-state index contributed by atoms with van der Waals surface area (Å²) in [7, 11) is 1.60. The van der Waals surface area contributed by atoms with Crippen molar-refractivity contribution in [2.45, 2.75) is 32.1 Å². The van der Waals surface area contributed by atoms with Gasteiger partial charge in [-0.05, 0) is 43.2 Å². The molecular formula is C19H22ClN3O2. The van der Waals surface area contributed by atoms with Crippen LogP contribution in [0, 0.1) is 5.92 Å². The van der Waals surface area contributed by atoms with Gasteiger partial charge in [0.25, 0.3) is 0 Å². The maximum atomic E-state index is 12.3. The number of aromatic nitrogens is 1. The van der Waals surface area contributed by atoms with Crippen LogP contribution in [0.4, 0.5) is 17.2 Å². The third-order valence-electron chi connectivity index (χ3n) is 4.43. The van der Waals surface area contributed by atoms with Gasteiger partial charge in [0.2, 0.25) is 5.91 Å². The normalized spacial score (nSPS) is 14.8. The highest BCUT2D eigenvalue weighted by molar-refractivity contribution is 6.31. The van der Waals surface area contributed by atoms with Gasteiger partial charge in [-0.2, -0.15) is 0 Å². The van der Waals surface area contributed by atoms with Crippen molar-refractivity contribution >= 4 is 34.7 Å². The van der Waals surface area contributed by atoms with Crippen molar-refractivity contribution in [3.8, 4) is 5.75 Å². The van der Waals surface area contributed by atoms with E-state index < -0.39 is 0 Å². The quantitative estimate of drug-likeness (QED) is 0.788. The molecule has 132 valence electrons. The molecule has 2 N–H and O–H groups in total. The number of benzene rings is 1. The van der Waals surface area contributed by atoms with Crippen LogP contribution in [0.2, 0.25) is 5.02 Å². The molecule has 1 saturated carbocycles. The fourth-order valence-corrected chi connectivity index (χ4v) is 3.24. The molecule has 0 bridgehead atoms. The number of amides is 1. The van der Waals surface area contributed by atoms with E-state index in [9.17, 15) is 4.79 Å². The molecular weight excluding hydrogens is 338 g/mol. The summed E-state index contributed by atoms with van der Waals surface area (Å²) in [5, 5.41) is 6.75. The minimum Gasteiger partial charge on any atom is -0.495 e. The second kappa shape index (κ2) is 8.21. The van der Waals surface area contributed by atoms with E-state index in [2.05, 4.69) is 15.6 Å². The average Bonchev–Trinajstić information content (AvgIpc) is 2.64. The van der Waals surface area contributed by atoms with E-state index in [1.165, 1.54) is 6.42 Å². The first kappa shape index (κ1) is 17.5. The number of rotatable bonds is 5. The molecule has 0 saturated heterocycles. The van der Waals surface area contributed by atoms with Crippen molar-refractivity contribution in [2.75, 3.05) is 17.7 Å². The number of methoxy groups -OCH3 is 1. The lowest BCUT2D eigenvalue weighted by molar-refractivity contribution is -0.120. The molecule has 25 heavy (non-hydrogen) atoms. The van der Waals surface area contributed by atoms with E-state index in [0.29, 0.717) is 22.3 Å². The first-order valence-corrected chi connectivity index (χ1v) is 8.91. The van der Waals surface area contributed by atoms with Crippen LogP contribution in [0.1, 0.15) is 32.1 Å². The zero-order valence-corrected chi connectivity index (χ0v) is 15.0. The lowest BCUT2D eigenvalue weighted by atomic mass is 9.88. The predicted molar refractivity (Wildman–Crippen MR) is 101 cm³/mol. The fraction of sp³-hybridized carbons (Fsp3) is 0.368. The summed E-state index contributed by atoms with van der Waals surface area (Å²) in [5.74, 6) is 1.55. The van der Waals surface area contributed by atoms with Crippen molar-refractivity contribution in [1.29, 1.82) is 0 Å². The van der Waals surface area contributed by atoms with E-state index in [1.54, 1.807) is 31.5 Å². The van der Waals surface area contributed by atoms with Gasteiger partial charge in [0, 0.05) is 10.9 Å². The zero-order valence-electron chi connectivity index (χ0n) is 14.2. The molecule has 1 aliphatic carbocycles. The van der Waals surface area contributed by atoms with Gasteiger partial charge in [0.05, 0.1) is 24.7 Å². The minimum absolute atomic E-state index is 0.0960. The number of nitrogens with one attached hydrogen (secondary N) is 2. The van der Waals surface area contributed by atoms with Crippen LogP contribution in [0.25, 0.3) is 0 Å². The molecule has 6 heteroatoms. The Kier molecular flexibility index (Phi) is 5.76. The third-order valence-corrected chi connectivity index (χ3v) is 4.67. The van der Waals surface area contributed by atoms with Gasteiger partial charge in [-0.25, -0.2) is 4.98 Å². The fourth-order valence-electron chi connectivity index (χ4n) is 3.07. The van der Waals surface area contributed by atoms with Gasteiger partial charge < -0.3 is 15.4 Å². The highest BCUT2D eigenvalue weighted by Gasteiger charge is 2.21. The van der Waals surface area contributed by atoms with Crippen LogP contribution in [0.15, 0.2) is 36.5 Å². The Morgan fingerprint density at radius 2 is 2.00 bits per heavy atom. The molecule has 1 aromatic heterocycles. The van der Waals surface area contributed by atoms with E-state index in [4.69, 9.17) is 16.3 Å². The van der Waals surface area contributed by atoms with Crippen LogP contribution in [0.3, 0.4) is 0 Å². The van der Waals surface area contributed by atoms with Crippen LogP contribution in [0.5, 0.6) is 5.75 Å². The average molecular weight is 360 g/mol. The SMILES string of the molecule is COc1ccc(Cl)cc1Nc1ccc(NC(=O)C2CCCCC2)cn1. The summed E-state index contributed by atoms with van der Waals surface area (Å²) in [6.45, 7) is 0. The molecule has 0 spiro atoms. The molecule has 1 heterocycles. The largest absolute Gasteiger partial charge is 0.495 e. The van der Waals surface area contributed by atoms with Gasteiger partial charge in [0.15, 0.2) is 0 Å². The van der Waals surface area contributed by atoms with E-state index in [-0.39, 0.29) is 11.8 Å².